The van der Waals surface area contributed by atoms with Crippen molar-refractivity contribution in [1.82, 2.24) is 15.5 Å². The van der Waals surface area contributed by atoms with Crippen molar-refractivity contribution in [3.8, 4) is 0 Å². The van der Waals surface area contributed by atoms with Gasteiger partial charge in [-0.25, -0.2) is 0 Å². The maximum atomic E-state index is 11.9. The highest BCUT2D eigenvalue weighted by Gasteiger charge is 2.30. The van der Waals surface area contributed by atoms with Crippen LogP contribution in [0.25, 0.3) is 0 Å². The minimum absolute atomic E-state index is 0.0523. The van der Waals surface area contributed by atoms with Crippen LogP contribution in [0.1, 0.15) is 39.0 Å². The molecule has 1 unspecified atom stereocenters. The molecule has 2 fully saturated rings. The summed E-state index contributed by atoms with van der Waals surface area (Å²) in [6, 6.07) is -0.256. The molecule has 0 aromatic heterocycles. The Morgan fingerprint density at radius 1 is 1.32 bits per heavy atom. The number of carbonyl (C=O) groups is 3. The predicted octanol–water partition coefficient (Wildman–Crippen LogP) is -0.218. The number of hydrogen-bond donors (Lipinski definition) is 2. The lowest BCUT2D eigenvalue weighted by molar-refractivity contribution is -0.132. The number of hydrogen-bond acceptors (Lipinski definition) is 3. The van der Waals surface area contributed by atoms with Crippen LogP contribution in [-0.4, -0.2) is 47.8 Å². The number of piperidine rings is 1. The standard InChI is InChI=1S/C13H21N3O3/c1-2-12(18)16-7-5-9(6-8-16)14-13(19)10-3-4-11(17)15-10/h9-10H,2-8H2,1H3,(H,14,19)(H,15,17). The molecule has 2 saturated heterocycles. The summed E-state index contributed by atoms with van der Waals surface area (Å²) in [6.45, 7) is 3.27. The Kier molecular flexibility index (Phi) is 4.39. The van der Waals surface area contributed by atoms with Crippen molar-refractivity contribution >= 4 is 17.7 Å². The molecule has 3 amide bonds. The van der Waals surface area contributed by atoms with Crippen molar-refractivity contribution in [2.45, 2.75) is 51.1 Å². The van der Waals surface area contributed by atoms with Gasteiger partial charge in [0.25, 0.3) is 0 Å². The molecule has 0 aromatic carbocycles. The molecule has 2 heterocycles. The van der Waals surface area contributed by atoms with Gasteiger partial charge in [0.1, 0.15) is 6.04 Å². The van der Waals surface area contributed by atoms with Crippen LogP contribution in [0.3, 0.4) is 0 Å². The fourth-order valence-electron chi connectivity index (χ4n) is 2.61. The van der Waals surface area contributed by atoms with Crippen LogP contribution in [0.5, 0.6) is 0 Å². The fraction of sp³-hybridized carbons (Fsp3) is 0.769. The molecule has 2 aliphatic heterocycles. The van der Waals surface area contributed by atoms with Crippen LogP contribution < -0.4 is 10.6 Å². The summed E-state index contributed by atoms with van der Waals surface area (Å²) in [7, 11) is 0. The summed E-state index contributed by atoms with van der Waals surface area (Å²) in [5.41, 5.74) is 0. The van der Waals surface area contributed by atoms with E-state index in [-0.39, 0.29) is 29.8 Å². The number of carbonyl (C=O) groups excluding carboxylic acids is 3. The molecule has 0 aromatic rings. The minimum atomic E-state index is -0.372. The Balaban J connectivity index is 1.75. The van der Waals surface area contributed by atoms with E-state index in [0.29, 0.717) is 32.4 Å². The molecule has 6 heteroatoms. The summed E-state index contributed by atoms with van der Waals surface area (Å²) < 4.78 is 0. The van der Waals surface area contributed by atoms with Crippen molar-refractivity contribution in [2.24, 2.45) is 0 Å². The SMILES string of the molecule is CCC(=O)N1CCC(NC(=O)C2CCC(=O)N2)CC1. The zero-order valence-corrected chi connectivity index (χ0v) is 11.3. The molecule has 0 bridgehead atoms. The molecular weight excluding hydrogens is 246 g/mol. The molecular formula is C13H21N3O3. The van der Waals surface area contributed by atoms with E-state index in [2.05, 4.69) is 10.6 Å². The second-order valence-corrected chi connectivity index (χ2v) is 5.18. The molecule has 0 saturated carbocycles. The number of rotatable bonds is 3. The maximum absolute atomic E-state index is 11.9. The Morgan fingerprint density at radius 2 is 2.00 bits per heavy atom. The van der Waals surface area contributed by atoms with Gasteiger partial charge in [0.2, 0.25) is 17.7 Å². The van der Waals surface area contributed by atoms with Gasteiger partial charge in [-0.3, -0.25) is 14.4 Å². The zero-order valence-electron chi connectivity index (χ0n) is 11.3. The number of nitrogens with zero attached hydrogens (tertiary/aromatic N) is 1. The van der Waals surface area contributed by atoms with Gasteiger partial charge in [0.05, 0.1) is 0 Å². The summed E-state index contributed by atoms with van der Waals surface area (Å²) in [5.74, 6) is 0.0301. The second-order valence-electron chi connectivity index (χ2n) is 5.18. The van der Waals surface area contributed by atoms with Gasteiger partial charge in [-0.1, -0.05) is 6.92 Å². The topological polar surface area (TPSA) is 78.5 Å². The van der Waals surface area contributed by atoms with Crippen molar-refractivity contribution < 1.29 is 14.4 Å². The molecule has 0 spiro atoms. The second kappa shape index (κ2) is 6.04. The van der Waals surface area contributed by atoms with E-state index in [1.807, 2.05) is 11.8 Å². The Hall–Kier alpha value is -1.59. The average Bonchev–Trinajstić information content (AvgIpc) is 2.85. The van der Waals surface area contributed by atoms with Crippen LogP contribution >= 0.6 is 0 Å². The minimum Gasteiger partial charge on any atom is -0.351 e. The average molecular weight is 267 g/mol. The van der Waals surface area contributed by atoms with E-state index >= 15 is 0 Å². The molecule has 0 aliphatic carbocycles. The fourth-order valence-corrected chi connectivity index (χ4v) is 2.61. The third-order valence-corrected chi connectivity index (χ3v) is 3.81. The first kappa shape index (κ1) is 13.8. The first-order valence-electron chi connectivity index (χ1n) is 6.97. The summed E-state index contributed by atoms with van der Waals surface area (Å²) in [6.07, 6.45) is 3.13. The van der Waals surface area contributed by atoms with E-state index in [4.69, 9.17) is 0 Å². The summed E-state index contributed by atoms with van der Waals surface area (Å²) in [4.78, 5) is 36.4. The normalized spacial score (nSPS) is 24.2. The first-order valence-corrected chi connectivity index (χ1v) is 6.97. The van der Waals surface area contributed by atoms with Gasteiger partial charge in [0.15, 0.2) is 0 Å². The number of amides is 3. The Morgan fingerprint density at radius 3 is 2.53 bits per heavy atom. The smallest absolute Gasteiger partial charge is 0.242 e. The van der Waals surface area contributed by atoms with Crippen LogP contribution in [0.4, 0.5) is 0 Å². The van der Waals surface area contributed by atoms with Gasteiger partial charge >= 0.3 is 0 Å². The third-order valence-electron chi connectivity index (χ3n) is 3.81. The van der Waals surface area contributed by atoms with Gasteiger partial charge in [0, 0.05) is 32.0 Å². The number of nitrogens with one attached hydrogen (secondary N) is 2. The summed E-state index contributed by atoms with van der Waals surface area (Å²) in [5, 5.41) is 5.63. The lowest BCUT2D eigenvalue weighted by atomic mass is 10.0. The van der Waals surface area contributed by atoms with Crippen LogP contribution in [-0.2, 0) is 14.4 Å². The summed E-state index contributed by atoms with van der Waals surface area (Å²) >= 11 is 0. The third kappa shape index (κ3) is 3.45. The molecule has 6 nitrogen and oxygen atoms in total. The maximum Gasteiger partial charge on any atom is 0.242 e. The molecule has 0 radical (unpaired) electrons. The Labute approximate surface area is 112 Å². The van der Waals surface area contributed by atoms with E-state index in [1.54, 1.807) is 0 Å². The molecule has 106 valence electrons. The molecule has 2 aliphatic rings. The molecule has 1 atom stereocenters. The van der Waals surface area contributed by atoms with Crippen molar-refractivity contribution in [3.63, 3.8) is 0 Å². The van der Waals surface area contributed by atoms with Crippen LogP contribution in [0.15, 0.2) is 0 Å². The lowest BCUT2D eigenvalue weighted by Crippen LogP contribution is -2.50. The van der Waals surface area contributed by atoms with E-state index < -0.39 is 0 Å². The lowest BCUT2D eigenvalue weighted by Gasteiger charge is -2.32. The van der Waals surface area contributed by atoms with Crippen LogP contribution in [0, 0.1) is 0 Å². The molecule has 19 heavy (non-hydrogen) atoms. The highest BCUT2D eigenvalue weighted by Crippen LogP contribution is 2.13. The molecule has 2 rings (SSSR count). The Bertz CT molecular complexity index is 375. The predicted molar refractivity (Wildman–Crippen MR) is 69.2 cm³/mol. The highest BCUT2D eigenvalue weighted by atomic mass is 16.2. The van der Waals surface area contributed by atoms with Crippen molar-refractivity contribution in [3.05, 3.63) is 0 Å². The zero-order chi connectivity index (χ0) is 13.8. The quantitative estimate of drug-likeness (QED) is 0.742. The van der Waals surface area contributed by atoms with Gasteiger partial charge < -0.3 is 15.5 Å². The highest BCUT2D eigenvalue weighted by molar-refractivity contribution is 5.90. The van der Waals surface area contributed by atoms with Gasteiger partial charge in [-0.15, -0.1) is 0 Å². The first-order chi connectivity index (χ1) is 9.10. The van der Waals surface area contributed by atoms with E-state index in [9.17, 15) is 14.4 Å². The monoisotopic (exact) mass is 267 g/mol. The van der Waals surface area contributed by atoms with Gasteiger partial charge in [-0.2, -0.15) is 0 Å². The van der Waals surface area contributed by atoms with E-state index in [0.717, 1.165) is 12.8 Å². The van der Waals surface area contributed by atoms with Gasteiger partial charge in [-0.05, 0) is 19.3 Å². The van der Waals surface area contributed by atoms with Crippen molar-refractivity contribution in [2.75, 3.05) is 13.1 Å². The van der Waals surface area contributed by atoms with E-state index in [1.165, 1.54) is 0 Å². The van der Waals surface area contributed by atoms with Crippen LogP contribution in [0.2, 0.25) is 0 Å². The molecule has 2 N–H and O–H groups in total. The largest absolute Gasteiger partial charge is 0.351 e. The number of likely N-dealkylation sites (tertiary alicyclic amines) is 1. The van der Waals surface area contributed by atoms with Crippen molar-refractivity contribution in [1.29, 1.82) is 0 Å².